The van der Waals surface area contributed by atoms with Gasteiger partial charge in [-0.2, -0.15) is 5.26 Å². The van der Waals surface area contributed by atoms with Crippen molar-refractivity contribution in [3.8, 4) is 17.6 Å². The van der Waals surface area contributed by atoms with Gasteiger partial charge in [0.15, 0.2) is 11.5 Å². The van der Waals surface area contributed by atoms with Gasteiger partial charge in [0.1, 0.15) is 28.8 Å². The monoisotopic (exact) mass is 316 g/mol. The summed E-state index contributed by atoms with van der Waals surface area (Å²) < 4.78 is 10.5. The van der Waals surface area contributed by atoms with E-state index in [0.717, 1.165) is 5.56 Å². The molecule has 0 unspecified atom stereocenters. The molecule has 1 aromatic carbocycles. The zero-order valence-corrected chi connectivity index (χ0v) is 13.4. The number of hydrogen-bond acceptors (Lipinski definition) is 7. The first-order chi connectivity index (χ1) is 10.7. The Morgan fingerprint density at radius 1 is 1.23 bits per heavy atom. The number of anilines is 1. The van der Waals surface area contributed by atoms with E-state index in [2.05, 4.69) is 21.4 Å². The van der Waals surface area contributed by atoms with Gasteiger partial charge in [0.25, 0.3) is 0 Å². The standard InChI is InChI=1S/C15H16N4O2S/c1-20-12-5-4-10(6-13(12)21-2)8-17-14-11(7-16)15(22-3)19-9-18-14/h4-6,9H,8H2,1-3H3,(H,17,18,19). The molecule has 2 rings (SSSR count). The minimum Gasteiger partial charge on any atom is -0.493 e. The fraction of sp³-hybridized carbons (Fsp3) is 0.267. The second-order valence-electron chi connectivity index (χ2n) is 4.26. The van der Waals surface area contributed by atoms with Crippen LogP contribution < -0.4 is 14.8 Å². The van der Waals surface area contributed by atoms with Crippen LogP contribution in [0.5, 0.6) is 11.5 Å². The number of methoxy groups -OCH3 is 2. The summed E-state index contributed by atoms with van der Waals surface area (Å²) in [5.74, 6) is 1.86. The molecule has 0 radical (unpaired) electrons. The number of benzene rings is 1. The van der Waals surface area contributed by atoms with Crippen LogP contribution in [0.1, 0.15) is 11.1 Å². The van der Waals surface area contributed by atoms with Crippen molar-refractivity contribution in [2.75, 3.05) is 25.8 Å². The van der Waals surface area contributed by atoms with Crippen LogP contribution in [-0.4, -0.2) is 30.4 Å². The quantitative estimate of drug-likeness (QED) is 0.648. The topological polar surface area (TPSA) is 80.1 Å². The van der Waals surface area contributed by atoms with E-state index in [9.17, 15) is 5.26 Å². The van der Waals surface area contributed by atoms with Gasteiger partial charge < -0.3 is 14.8 Å². The second-order valence-corrected chi connectivity index (χ2v) is 5.06. The van der Waals surface area contributed by atoms with Crippen LogP contribution in [0.3, 0.4) is 0 Å². The summed E-state index contributed by atoms with van der Waals surface area (Å²) in [7, 11) is 3.19. The third-order valence-electron chi connectivity index (χ3n) is 3.03. The minimum atomic E-state index is 0.454. The molecule has 0 saturated heterocycles. The van der Waals surface area contributed by atoms with Crippen molar-refractivity contribution in [1.29, 1.82) is 5.26 Å². The largest absolute Gasteiger partial charge is 0.493 e. The molecular formula is C15H16N4O2S. The summed E-state index contributed by atoms with van der Waals surface area (Å²) >= 11 is 1.42. The van der Waals surface area contributed by atoms with Gasteiger partial charge in [-0.3, -0.25) is 0 Å². The zero-order chi connectivity index (χ0) is 15.9. The van der Waals surface area contributed by atoms with Crippen LogP contribution in [0.15, 0.2) is 29.6 Å². The molecule has 1 N–H and O–H groups in total. The molecule has 0 fully saturated rings. The Hall–Kier alpha value is -2.46. The van der Waals surface area contributed by atoms with Crippen LogP contribution in [-0.2, 0) is 6.54 Å². The Balaban J connectivity index is 2.19. The molecule has 6 nitrogen and oxygen atoms in total. The van der Waals surface area contributed by atoms with Crippen LogP contribution in [0.25, 0.3) is 0 Å². The lowest BCUT2D eigenvalue weighted by molar-refractivity contribution is 0.354. The van der Waals surface area contributed by atoms with Gasteiger partial charge in [-0.05, 0) is 24.0 Å². The molecule has 0 aliphatic rings. The maximum absolute atomic E-state index is 9.26. The van der Waals surface area contributed by atoms with Gasteiger partial charge >= 0.3 is 0 Å². The number of ether oxygens (including phenoxy) is 2. The van der Waals surface area contributed by atoms with Gasteiger partial charge in [-0.25, -0.2) is 9.97 Å². The maximum Gasteiger partial charge on any atom is 0.161 e. The molecule has 1 aromatic heterocycles. The Kier molecular flexibility index (Phi) is 5.44. The predicted octanol–water partition coefficient (Wildman–Crippen LogP) is 2.70. The molecule has 0 saturated carbocycles. The predicted molar refractivity (Wildman–Crippen MR) is 85.4 cm³/mol. The Morgan fingerprint density at radius 3 is 2.64 bits per heavy atom. The highest BCUT2D eigenvalue weighted by atomic mass is 32.2. The number of rotatable bonds is 6. The summed E-state index contributed by atoms with van der Waals surface area (Å²) in [6.07, 6.45) is 3.32. The summed E-state index contributed by atoms with van der Waals surface area (Å²) in [6.45, 7) is 0.514. The van der Waals surface area contributed by atoms with E-state index in [1.54, 1.807) is 14.2 Å². The van der Waals surface area contributed by atoms with Crippen LogP contribution in [0.4, 0.5) is 5.82 Å². The van der Waals surface area contributed by atoms with Crippen molar-refractivity contribution < 1.29 is 9.47 Å². The normalized spacial score (nSPS) is 9.91. The number of thioether (sulfide) groups is 1. The molecule has 0 aliphatic carbocycles. The molecule has 2 aromatic rings. The van der Waals surface area contributed by atoms with Crippen LogP contribution >= 0.6 is 11.8 Å². The number of aromatic nitrogens is 2. The number of nitrogens with one attached hydrogen (secondary N) is 1. The van der Waals surface area contributed by atoms with Crippen LogP contribution in [0, 0.1) is 11.3 Å². The second kappa shape index (κ2) is 7.52. The Morgan fingerprint density at radius 2 is 2.00 bits per heavy atom. The van der Waals surface area contributed by atoms with Gasteiger partial charge in [0, 0.05) is 6.54 Å². The van der Waals surface area contributed by atoms with E-state index in [-0.39, 0.29) is 0 Å². The van der Waals surface area contributed by atoms with Gasteiger partial charge in [-0.1, -0.05) is 6.07 Å². The first kappa shape index (κ1) is 15.9. The van der Waals surface area contributed by atoms with E-state index < -0.39 is 0 Å². The van der Waals surface area contributed by atoms with Crippen molar-refractivity contribution >= 4 is 17.6 Å². The fourth-order valence-corrected chi connectivity index (χ4v) is 2.43. The molecular weight excluding hydrogens is 300 g/mol. The van der Waals surface area contributed by atoms with Crippen molar-refractivity contribution in [3.05, 3.63) is 35.7 Å². The van der Waals surface area contributed by atoms with Gasteiger partial charge in [0.05, 0.1) is 14.2 Å². The highest BCUT2D eigenvalue weighted by Crippen LogP contribution is 2.28. The lowest BCUT2D eigenvalue weighted by Crippen LogP contribution is -2.05. The molecule has 0 aliphatic heterocycles. The molecule has 0 atom stereocenters. The highest BCUT2D eigenvalue weighted by Gasteiger charge is 2.10. The van der Waals surface area contributed by atoms with Crippen molar-refractivity contribution in [1.82, 2.24) is 9.97 Å². The maximum atomic E-state index is 9.26. The number of hydrogen-bond donors (Lipinski definition) is 1. The Bertz CT molecular complexity index is 700. The van der Waals surface area contributed by atoms with E-state index in [1.165, 1.54) is 18.1 Å². The van der Waals surface area contributed by atoms with Gasteiger partial charge in [-0.15, -0.1) is 11.8 Å². The highest BCUT2D eigenvalue weighted by molar-refractivity contribution is 7.98. The van der Waals surface area contributed by atoms with E-state index >= 15 is 0 Å². The smallest absolute Gasteiger partial charge is 0.161 e. The SMILES string of the molecule is COc1ccc(CNc2ncnc(SC)c2C#N)cc1OC. The van der Waals surface area contributed by atoms with E-state index in [1.807, 2.05) is 24.5 Å². The Labute approximate surface area is 133 Å². The third-order valence-corrected chi connectivity index (χ3v) is 3.72. The van der Waals surface area contributed by atoms with Crippen LogP contribution in [0.2, 0.25) is 0 Å². The first-order valence-corrected chi connectivity index (χ1v) is 7.69. The molecule has 0 amide bonds. The van der Waals surface area contributed by atoms with E-state index in [4.69, 9.17) is 9.47 Å². The fourth-order valence-electron chi connectivity index (χ4n) is 1.94. The molecule has 0 bridgehead atoms. The summed E-state index contributed by atoms with van der Waals surface area (Å²) in [5, 5.41) is 13.1. The number of nitrogens with zero attached hydrogens (tertiary/aromatic N) is 3. The minimum absolute atomic E-state index is 0.454. The molecule has 7 heteroatoms. The lowest BCUT2D eigenvalue weighted by Gasteiger charge is -2.11. The average molecular weight is 316 g/mol. The van der Waals surface area contributed by atoms with Crippen molar-refractivity contribution in [3.63, 3.8) is 0 Å². The van der Waals surface area contributed by atoms with Crippen molar-refractivity contribution in [2.45, 2.75) is 11.6 Å². The lowest BCUT2D eigenvalue weighted by atomic mass is 10.2. The average Bonchev–Trinajstić information content (AvgIpc) is 2.58. The first-order valence-electron chi connectivity index (χ1n) is 6.47. The number of nitriles is 1. The zero-order valence-electron chi connectivity index (χ0n) is 12.6. The molecule has 22 heavy (non-hydrogen) atoms. The molecule has 1 heterocycles. The third kappa shape index (κ3) is 3.40. The van der Waals surface area contributed by atoms with Gasteiger partial charge in [0.2, 0.25) is 0 Å². The van der Waals surface area contributed by atoms with Crippen molar-refractivity contribution in [2.24, 2.45) is 0 Å². The summed E-state index contributed by atoms with van der Waals surface area (Å²) in [4.78, 5) is 8.22. The van der Waals surface area contributed by atoms with E-state index in [0.29, 0.717) is 34.5 Å². The molecule has 0 spiro atoms. The molecule has 114 valence electrons. The summed E-state index contributed by atoms with van der Waals surface area (Å²) in [6, 6.07) is 7.79. The summed E-state index contributed by atoms with van der Waals surface area (Å²) in [5.41, 5.74) is 1.45.